The van der Waals surface area contributed by atoms with Gasteiger partial charge in [0.05, 0.1) is 18.7 Å². The molecular weight excluding hydrogens is 465 g/mol. The molecule has 2 amide bonds. The molecule has 182 valence electrons. The Morgan fingerprint density at radius 2 is 2.03 bits per heavy atom. The number of fused-ring (bicyclic) bond motifs is 1. The van der Waals surface area contributed by atoms with Crippen LogP contribution in [-0.4, -0.2) is 60.0 Å². The number of alkyl halides is 5. The predicted octanol–water partition coefficient (Wildman–Crippen LogP) is 3.12. The molecule has 4 aliphatic rings. The highest BCUT2D eigenvalue weighted by atomic mass is 19.4. The van der Waals surface area contributed by atoms with Crippen molar-refractivity contribution in [1.82, 2.24) is 10.2 Å². The van der Waals surface area contributed by atoms with Crippen LogP contribution in [0.4, 0.5) is 22.0 Å². The molecule has 7 nitrogen and oxygen atoms in total. The minimum Gasteiger partial charge on any atom is -0.438 e. The minimum absolute atomic E-state index is 0.116. The van der Waals surface area contributed by atoms with Gasteiger partial charge in [0.25, 0.3) is 17.7 Å². The average molecular weight is 485 g/mol. The first-order valence-corrected chi connectivity index (χ1v) is 10.7. The lowest BCUT2D eigenvalue weighted by atomic mass is 10.0. The molecule has 1 aromatic rings. The summed E-state index contributed by atoms with van der Waals surface area (Å²) in [4.78, 5) is 30.5. The lowest BCUT2D eigenvalue weighted by Crippen LogP contribution is -2.57. The smallest absolute Gasteiger partial charge is 0.438 e. The Morgan fingerprint density at radius 1 is 1.29 bits per heavy atom. The molecule has 0 spiro atoms. The number of carbonyl (C=O) groups is 2. The van der Waals surface area contributed by atoms with E-state index in [-0.39, 0.29) is 24.5 Å². The molecule has 1 aromatic carbocycles. The molecule has 1 N–H and O–H groups in total. The fourth-order valence-electron chi connectivity index (χ4n) is 4.55. The first kappa shape index (κ1) is 22.8. The van der Waals surface area contributed by atoms with Gasteiger partial charge in [0.1, 0.15) is 17.7 Å². The summed E-state index contributed by atoms with van der Waals surface area (Å²) in [6, 6.07) is 2.41. The molecule has 1 aliphatic carbocycles. The number of hydrogen-bond acceptors (Lipinski definition) is 5. The molecule has 0 aromatic heterocycles. The Balaban J connectivity index is 1.34. The maximum atomic E-state index is 13.3. The topological polar surface area (TPSA) is 80.2 Å². The quantitative estimate of drug-likeness (QED) is 0.665. The van der Waals surface area contributed by atoms with E-state index >= 15 is 0 Å². The number of carbonyl (C=O) groups excluding carboxylic acids is 2. The summed E-state index contributed by atoms with van der Waals surface area (Å²) in [5.41, 5.74) is 1.24. The molecule has 12 heteroatoms. The third-order valence-corrected chi connectivity index (χ3v) is 6.50. The van der Waals surface area contributed by atoms with Gasteiger partial charge in [-0.05, 0) is 23.6 Å². The SMILES string of the molecule is C=C1OC(C(F)(F)F)=NC1c1ccc2c(c1)C(=O)N([C@@H]1COCCC1NC(=O)C1CC1(F)F)C2. The van der Waals surface area contributed by atoms with Crippen LogP contribution in [0.25, 0.3) is 0 Å². The van der Waals surface area contributed by atoms with Gasteiger partial charge in [-0.25, -0.2) is 13.8 Å². The third-order valence-electron chi connectivity index (χ3n) is 6.50. The first-order chi connectivity index (χ1) is 16.0. The van der Waals surface area contributed by atoms with E-state index in [1.165, 1.54) is 11.0 Å². The largest absolute Gasteiger partial charge is 0.468 e. The van der Waals surface area contributed by atoms with Crippen molar-refractivity contribution >= 4 is 17.7 Å². The second kappa shape index (κ2) is 7.76. The molecule has 3 heterocycles. The zero-order valence-electron chi connectivity index (χ0n) is 17.7. The van der Waals surface area contributed by atoms with Crippen LogP contribution in [0.15, 0.2) is 35.5 Å². The summed E-state index contributed by atoms with van der Waals surface area (Å²) >= 11 is 0. The third kappa shape index (κ3) is 3.93. The number of amides is 2. The van der Waals surface area contributed by atoms with Crippen LogP contribution in [0.3, 0.4) is 0 Å². The maximum Gasteiger partial charge on any atom is 0.468 e. The second-order valence-corrected chi connectivity index (χ2v) is 8.82. The van der Waals surface area contributed by atoms with Crippen molar-refractivity contribution in [1.29, 1.82) is 0 Å². The second-order valence-electron chi connectivity index (χ2n) is 8.82. The van der Waals surface area contributed by atoms with Gasteiger partial charge in [-0.15, -0.1) is 0 Å². The normalized spacial score (nSPS) is 30.0. The average Bonchev–Trinajstić information content (AvgIpc) is 3.08. The van der Waals surface area contributed by atoms with Gasteiger partial charge in [-0.1, -0.05) is 18.7 Å². The highest BCUT2D eigenvalue weighted by Gasteiger charge is 2.61. The summed E-state index contributed by atoms with van der Waals surface area (Å²) < 4.78 is 75.6. The monoisotopic (exact) mass is 485 g/mol. The lowest BCUT2D eigenvalue weighted by Gasteiger charge is -2.38. The van der Waals surface area contributed by atoms with E-state index in [0.717, 1.165) is 0 Å². The van der Waals surface area contributed by atoms with Crippen molar-refractivity contribution in [2.75, 3.05) is 13.2 Å². The van der Waals surface area contributed by atoms with Crippen LogP contribution in [0.1, 0.15) is 40.4 Å². The van der Waals surface area contributed by atoms with Gasteiger partial charge >= 0.3 is 6.18 Å². The number of nitrogens with zero attached hydrogens (tertiary/aromatic N) is 2. The Hall–Kier alpha value is -3.02. The molecule has 3 unspecified atom stereocenters. The van der Waals surface area contributed by atoms with Gasteiger partial charge in [-0.2, -0.15) is 13.2 Å². The van der Waals surface area contributed by atoms with Crippen LogP contribution in [0.2, 0.25) is 0 Å². The van der Waals surface area contributed by atoms with E-state index in [0.29, 0.717) is 24.2 Å². The van der Waals surface area contributed by atoms with Crippen molar-refractivity contribution < 1.29 is 41.0 Å². The number of ether oxygens (including phenoxy) is 2. The van der Waals surface area contributed by atoms with Gasteiger partial charge in [0.15, 0.2) is 0 Å². The van der Waals surface area contributed by atoms with Crippen LogP contribution < -0.4 is 5.32 Å². The number of hydrogen-bond donors (Lipinski definition) is 1. The summed E-state index contributed by atoms with van der Waals surface area (Å²) in [5, 5.41) is 2.65. The number of nitrogens with one attached hydrogen (secondary N) is 1. The summed E-state index contributed by atoms with van der Waals surface area (Å²) in [6.45, 7) is 4.12. The highest BCUT2D eigenvalue weighted by Crippen LogP contribution is 2.48. The van der Waals surface area contributed by atoms with Crippen LogP contribution in [-0.2, 0) is 20.8 Å². The van der Waals surface area contributed by atoms with E-state index in [4.69, 9.17) is 4.74 Å². The zero-order valence-corrected chi connectivity index (χ0v) is 17.7. The number of halogens is 5. The van der Waals surface area contributed by atoms with Crippen LogP contribution in [0, 0.1) is 5.92 Å². The highest BCUT2D eigenvalue weighted by molar-refractivity contribution is 5.99. The maximum absolute atomic E-state index is 13.3. The van der Waals surface area contributed by atoms with E-state index in [9.17, 15) is 31.5 Å². The number of aliphatic imine (C=N–C) groups is 1. The van der Waals surface area contributed by atoms with E-state index in [1.54, 1.807) is 12.1 Å². The van der Waals surface area contributed by atoms with Crippen LogP contribution in [0.5, 0.6) is 0 Å². The van der Waals surface area contributed by atoms with E-state index in [1.807, 2.05) is 0 Å². The van der Waals surface area contributed by atoms with Crippen LogP contribution >= 0.6 is 0 Å². The lowest BCUT2D eigenvalue weighted by molar-refractivity contribution is -0.126. The minimum atomic E-state index is -4.76. The van der Waals surface area contributed by atoms with Gasteiger partial charge in [0.2, 0.25) is 5.91 Å². The fourth-order valence-corrected chi connectivity index (χ4v) is 4.55. The molecule has 2 fully saturated rings. The van der Waals surface area contributed by atoms with E-state index in [2.05, 4.69) is 21.6 Å². The number of rotatable bonds is 4. The van der Waals surface area contributed by atoms with Gasteiger partial charge in [0, 0.05) is 25.1 Å². The summed E-state index contributed by atoms with van der Waals surface area (Å²) in [7, 11) is 0. The molecule has 0 radical (unpaired) electrons. The Kier molecular flexibility index (Phi) is 5.19. The standard InChI is InChI=1S/C22H20F5N3O4/c1-10-17(29-20(34-10)22(25,26)27)11-2-3-12-8-30(19(32)13(12)6-11)16-9-33-5-4-15(16)28-18(31)14-7-21(14,23)24/h2-3,6,14-17H,1,4-5,7-9H2,(H,28,31)/t14?,15?,16-,17?/m1/s1. The van der Waals surface area contributed by atoms with Crippen molar-refractivity contribution in [2.24, 2.45) is 10.9 Å². The first-order valence-electron chi connectivity index (χ1n) is 10.7. The molecule has 3 aliphatic heterocycles. The Morgan fingerprint density at radius 3 is 2.68 bits per heavy atom. The van der Waals surface area contributed by atoms with Crippen molar-refractivity contribution in [3.8, 4) is 0 Å². The zero-order chi connectivity index (χ0) is 24.4. The van der Waals surface area contributed by atoms with E-state index < -0.39 is 60.3 Å². The molecular formula is C22H20F5N3O4. The van der Waals surface area contributed by atoms with Crippen molar-refractivity contribution in [2.45, 2.75) is 49.6 Å². The van der Waals surface area contributed by atoms with Gasteiger partial charge in [-0.3, -0.25) is 9.59 Å². The predicted molar refractivity (Wildman–Crippen MR) is 107 cm³/mol. The molecule has 4 atom stereocenters. The van der Waals surface area contributed by atoms with Gasteiger partial charge < -0.3 is 19.7 Å². The number of benzene rings is 1. The molecule has 34 heavy (non-hydrogen) atoms. The molecule has 0 bridgehead atoms. The van der Waals surface area contributed by atoms with Crippen molar-refractivity contribution in [3.05, 3.63) is 47.2 Å². The Bertz CT molecular complexity index is 1100. The molecule has 5 rings (SSSR count). The fraction of sp³-hybridized carbons (Fsp3) is 0.500. The molecule has 1 saturated heterocycles. The summed E-state index contributed by atoms with van der Waals surface area (Å²) in [6.07, 6.45) is -4.89. The van der Waals surface area contributed by atoms with Crippen molar-refractivity contribution in [3.63, 3.8) is 0 Å². The Labute approximate surface area is 190 Å². The molecule has 1 saturated carbocycles. The summed E-state index contributed by atoms with van der Waals surface area (Å²) in [5.74, 6) is -7.08.